The number of urea groups is 1. The fourth-order valence-corrected chi connectivity index (χ4v) is 1.87. The second-order valence-electron chi connectivity index (χ2n) is 6.41. The molecule has 0 heterocycles. The minimum atomic E-state index is -1.02. The highest BCUT2D eigenvalue weighted by molar-refractivity contribution is 5.83. The van der Waals surface area contributed by atoms with Crippen molar-refractivity contribution >= 4 is 12.0 Å². The highest BCUT2D eigenvalue weighted by Crippen LogP contribution is 2.19. The predicted octanol–water partition coefficient (Wildman–Crippen LogP) is 2.61. The molecule has 112 valence electrons. The number of amides is 2. The third-order valence-electron chi connectivity index (χ3n) is 3.22. The number of hydrogen-bond acceptors (Lipinski definition) is 2. The lowest BCUT2D eigenvalue weighted by Gasteiger charge is -2.28. The van der Waals surface area contributed by atoms with Gasteiger partial charge in [-0.1, -0.05) is 41.0 Å². The van der Waals surface area contributed by atoms with Gasteiger partial charge in [-0.15, -0.1) is 0 Å². The zero-order valence-corrected chi connectivity index (χ0v) is 12.9. The highest BCUT2D eigenvalue weighted by Gasteiger charge is 2.32. The zero-order chi connectivity index (χ0) is 15.2. The van der Waals surface area contributed by atoms with Gasteiger partial charge in [0.25, 0.3) is 0 Å². The van der Waals surface area contributed by atoms with Gasteiger partial charge in [-0.3, -0.25) is 0 Å². The summed E-state index contributed by atoms with van der Waals surface area (Å²) in [5.41, 5.74) is -0.525. The molecule has 0 aromatic rings. The lowest BCUT2D eigenvalue weighted by molar-refractivity contribution is -0.141. The van der Waals surface area contributed by atoms with Crippen LogP contribution in [0, 0.1) is 11.3 Å². The van der Waals surface area contributed by atoms with Crippen molar-refractivity contribution < 1.29 is 14.7 Å². The molecule has 3 atom stereocenters. The van der Waals surface area contributed by atoms with E-state index >= 15 is 0 Å². The van der Waals surface area contributed by atoms with Gasteiger partial charge in [0.2, 0.25) is 0 Å². The Morgan fingerprint density at radius 1 is 1.16 bits per heavy atom. The van der Waals surface area contributed by atoms with Gasteiger partial charge in [-0.2, -0.15) is 0 Å². The molecular formula is C14H28N2O3. The summed E-state index contributed by atoms with van der Waals surface area (Å²) in [5, 5.41) is 14.5. The maximum Gasteiger partial charge on any atom is 0.326 e. The first-order valence-electron chi connectivity index (χ1n) is 6.87. The maximum atomic E-state index is 11.8. The minimum Gasteiger partial charge on any atom is -0.480 e. The van der Waals surface area contributed by atoms with Crippen LogP contribution in [0.2, 0.25) is 0 Å². The number of carbonyl (C=O) groups is 2. The van der Waals surface area contributed by atoms with Crippen molar-refractivity contribution in [3.05, 3.63) is 0 Å². The lowest BCUT2D eigenvalue weighted by atomic mass is 9.87. The number of carbonyl (C=O) groups excluding carboxylic acids is 1. The first-order chi connectivity index (χ1) is 8.57. The third-order valence-corrected chi connectivity index (χ3v) is 3.22. The van der Waals surface area contributed by atoms with Crippen molar-refractivity contribution in [3.8, 4) is 0 Å². The topological polar surface area (TPSA) is 78.4 Å². The molecular weight excluding hydrogens is 244 g/mol. The van der Waals surface area contributed by atoms with E-state index in [1.165, 1.54) is 0 Å². The number of rotatable bonds is 6. The van der Waals surface area contributed by atoms with Crippen LogP contribution in [0.15, 0.2) is 0 Å². The molecule has 0 fully saturated rings. The van der Waals surface area contributed by atoms with E-state index in [2.05, 4.69) is 24.5 Å². The van der Waals surface area contributed by atoms with E-state index in [-0.39, 0.29) is 6.04 Å². The number of carboxylic acids is 1. The van der Waals surface area contributed by atoms with E-state index in [4.69, 9.17) is 5.11 Å². The Balaban J connectivity index is 4.40. The Bertz CT molecular complexity index is 310. The summed E-state index contributed by atoms with van der Waals surface area (Å²) in [6.07, 6.45) is 1.95. The van der Waals surface area contributed by atoms with Gasteiger partial charge in [0.05, 0.1) is 0 Å². The van der Waals surface area contributed by atoms with Crippen LogP contribution in [-0.2, 0) is 4.79 Å². The quantitative estimate of drug-likeness (QED) is 0.695. The average molecular weight is 272 g/mol. The zero-order valence-electron chi connectivity index (χ0n) is 12.9. The molecule has 0 aliphatic rings. The van der Waals surface area contributed by atoms with Gasteiger partial charge < -0.3 is 15.7 Å². The van der Waals surface area contributed by atoms with Gasteiger partial charge in [0.15, 0.2) is 0 Å². The normalized spacial score (nSPS) is 16.3. The SMILES string of the molecule is CCC(C)CC(C)NC(=O)N[C@H](C(=O)O)C(C)(C)C. The van der Waals surface area contributed by atoms with E-state index in [1.807, 2.05) is 6.92 Å². The van der Waals surface area contributed by atoms with Gasteiger partial charge in [0.1, 0.15) is 6.04 Å². The molecule has 5 nitrogen and oxygen atoms in total. The first kappa shape index (κ1) is 17.7. The fraction of sp³-hybridized carbons (Fsp3) is 0.857. The monoisotopic (exact) mass is 272 g/mol. The summed E-state index contributed by atoms with van der Waals surface area (Å²) in [5.74, 6) is -0.481. The third kappa shape index (κ3) is 7.03. The Labute approximate surface area is 116 Å². The maximum absolute atomic E-state index is 11.8. The van der Waals surface area contributed by atoms with Crippen molar-refractivity contribution in [1.82, 2.24) is 10.6 Å². The molecule has 0 spiro atoms. The van der Waals surface area contributed by atoms with Gasteiger partial charge >= 0.3 is 12.0 Å². The first-order valence-corrected chi connectivity index (χ1v) is 6.87. The molecule has 0 rings (SSSR count). The van der Waals surface area contributed by atoms with E-state index in [1.54, 1.807) is 20.8 Å². The van der Waals surface area contributed by atoms with Crippen LogP contribution >= 0.6 is 0 Å². The Kier molecular flexibility index (Phi) is 6.87. The van der Waals surface area contributed by atoms with Crippen molar-refractivity contribution in [3.63, 3.8) is 0 Å². The lowest BCUT2D eigenvalue weighted by Crippen LogP contribution is -2.53. The summed E-state index contributed by atoms with van der Waals surface area (Å²) >= 11 is 0. The average Bonchev–Trinajstić information content (AvgIpc) is 2.23. The number of carboxylic acid groups (broad SMARTS) is 1. The van der Waals surface area contributed by atoms with Gasteiger partial charge in [-0.25, -0.2) is 9.59 Å². The molecule has 5 heteroatoms. The Hall–Kier alpha value is -1.26. The molecule has 0 saturated heterocycles. The van der Waals surface area contributed by atoms with Crippen molar-refractivity contribution in [2.75, 3.05) is 0 Å². The molecule has 0 bridgehead atoms. The smallest absolute Gasteiger partial charge is 0.326 e. The van der Waals surface area contributed by atoms with Crippen molar-refractivity contribution in [2.24, 2.45) is 11.3 Å². The van der Waals surface area contributed by atoms with Crippen molar-refractivity contribution in [1.29, 1.82) is 0 Å². The minimum absolute atomic E-state index is 0.0318. The van der Waals surface area contributed by atoms with Crippen LogP contribution in [0.1, 0.15) is 54.4 Å². The number of nitrogens with one attached hydrogen (secondary N) is 2. The van der Waals surface area contributed by atoms with Crippen LogP contribution in [0.25, 0.3) is 0 Å². The standard InChI is InChI=1S/C14H28N2O3/c1-7-9(2)8-10(3)15-13(19)16-11(12(17)18)14(4,5)6/h9-11H,7-8H2,1-6H3,(H,17,18)(H2,15,16,19)/t9?,10?,11-/m1/s1. The van der Waals surface area contributed by atoms with Crippen LogP contribution in [0.4, 0.5) is 4.79 Å². The molecule has 0 saturated carbocycles. The molecule has 2 unspecified atom stereocenters. The van der Waals surface area contributed by atoms with E-state index in [0.717, 1.165) is 12.8 Å². The van der Waals surface area contributed by atoms with E-state index in [0.29, 0.717) is 5.92 Å². The van der Waals surface area contributed by atoms with Crippen LogP contribution in [-0.4, -0.2) is 29.2 Å². The molecule has 19 heavy (non-hydrogen) atoms. The number of hydrogen-bond donors (Lipinski definition) is 3. The van der Waals surface area contributed by atoms with Crippen LogP contribution < -0.4 is 10.6 Å². The predicted molar refractivity (Wildman–Crippen MR) is 76.1 cm³/mol. The molecule has 0 aromatic heterocycles. The summed E-state index contributed by atoms with van der Waals surface area (Å²) < 4.78 is 0. The summed E-state index contributed by atoms with van der Waals surface area (Å²) in [6, 6.07) is -1.29. The number of aliphatic carboxylic acids is 1. The molecule has 0 aliphatic heterocycles. The molecule has 0 aliphatic carbocycles. The Morgan fingerprint density at radius 3 is 2.05 bits per heavy atom. The molecule has 0 radical (unpaired) electrons. The second-order valence-corrected chi connectivity index (χ2v) is 6.41. The largest absolute Gasteiger partial charge is 0.480 e. The summed E-state index contributed by atoms with van der Waals surface area (Å²) in [7, 11) is 0. The highest BCUT2D eigenvalue weighted by atomic mass is 16.4. The van der Waals surface area contributed by atoms with E-state index in [9.17, 15) is 9.59 Å². The molecule has 0 aromatic carbocycles. The summed E-state index contributed by atoms with van der Waals surface area (Å²) in [4.78, 5) is 22.9. The van der Waals surface area contributed by atoms with Gasteiger partial charge in [0, 0.05) is 6.04 Å². The Morgan fingerprint density at radius 2 is 1.68 bits per heavy atom. The van der Waals surface area contributed by atoms with Gasteiger partial charge in [-0.05, 0) is 24.7 Å². The second kappa shape index (κ2) is 7.36. The van der Waals surface area contributed by atoms with E-state index < -0.39 is 23.5 Å². The molecule has 2 amide bonds. The van der Waals surface area contributed by atoms with Crippen LogP contribution in [0.5, 0.6) is 0 Å². The van der Waals surface area contributed by atoms with Crippen molar-refractivity contribution in [2.45, 2.75) is 66.5 Å². The molecule has 3 N–H and O–H groups in total. The van der Waals surface area contributed by atoms with Crippen LogP contribution in [0.3, 0.4) is 0 Å². The summed E-state index contributed by atoms with van der Waals surface area (Å²) in [6.45, 7) is 11.5. The fourth-order valence-electron chi connectivity index (χ4n) is 1.87.